The lowest BCUT2D eigenvalue weighted by Gasteiger charge is -2.64. The largest absolute Gasteiger partial charge is 0.504 e. The summed E-state index contributed by atoms with van der Waals surface area (Å²) in [5.74, 6) is 1.26. The summed E-state index contributed by atoms with van der Waals surface area (Å²) >= 11 is 0. The molecule has 10 atom stereocenters. The smallest absolute Gasteiger partial charge is 0.306 e. The predicted octanol–water partition coefficient (Wildman–Crippen LogP) is 7.71. The third-order valence-electron chi connectivity index (χ3n) is 14.9. The minimum absolute atomic E-state index is 0.00537. The van der Waals surface area contributed by atoms with Crippen LogP contribution >= 0.6 is 0 Å². The highest BCUT2D eigenvalue weighted by atomic mass is 16.5. The number of phenols is 2. The van der Waals surface area contributed by atoms with Crippen molar-refractivity contribution < 1.29 is 30.0 Å². The van der Waals surface area contributed by atoms with Crippen LogP contribution in [0.4, 0.5) is 0 Å². The first-order chi connectivity index (χ1) is 21.1. The summed E-state index contributed by atoms with van der Waals surface area (Å²) in [6.07, 6.45) is 13.2. The molecule has 1 aromatic rings. The standard InChI is InChI=1S/C39H58O6/c1-35(2)29-12-9-25-22-36(3)18-15-31-38(5,30(36)13-10-26(25)37(29,4)19-16-32(35)43)20-17-33(39(31,6)23-40)45-34(44)14-8-24-7-11-27(41)28(42)21-24/h7,9,11,21,26,29-33,40-43H,8,10,12-20,22-23H2,1-6H3/t26-,29+,30-,31+,32+,33+,36-,37+,38+,39+/m0/s1. The number of aliphatic hydroxyl groups excluding tert-OH is 2. The second-order valence-electron chi connectivity index (χ2n) is 17.6. The number of hydrogen-bond acceptors (Lipinski definition) is 6. The van der Waals surface area contributed by atoms with Gasteiger partial charge in [0, 0.05) is 11.8 Å². The van der Waals surface area contributed by atoms with E-state index in [4.69, 9.17) is 4.74 Å². The van der Waals surface area contributed by atoms with E-state index in [1.165, 1.54) is 25.0 Å². The van der Waals surface area contributed by atoms with Crippen LogP contribution in [0, 0.1) is 50.7 Å². The van der Waals surface area contributed by atoms with Gasteiger partial charge in [-0.3, -0.25) is 4.79 Å². The second-order valence-corrected chi connectivity index (χ2v) is 17.6. The lowest BCUT2D eigenvalue weighted by atomic mass is 9.42. The van der Waals surface area contributed by atoms with E-state index in [9.17, 15) is 25.2 Å². The van der Waals surface area contributed by atoms with Crippen molar-refractivity contribution >= 4 is 5.97 Å². The minimum atomic E-state index is -0.500. The number of aromatic hydroxyl groups is 2. The van der Waals surface area contributed by atoms with Crippen molar-refractivity contribution in [2.24, 2.45) is 50.7 Å². The van der Waals surface area contributed by atoms with E-state index in [1.54, 1.807) is 11.6 Å². The van der Waals surface area contributed by atoms with Crippen molar-refractivity contribution in [2.75, 3.05) is 6.61 Å². The molecule has 5 aliphatic rings. The molecule has 0 aromatic heterocycles. The second kappa shape index (κ2) is 11.3. The van der Waals surface area contributed by atoms with Gasteiger partial charge in [-0.1, -0.05) is 59.3 Å². The summed E-state index contributed by atoms with van der Waals surface area (Å²) < 4.78 is 6.19. The van der Waals surface area contributed by atoms with Gasteiger partial charge in [0.15, 0.2) is 11.5 Å². The number of carbonyl (C=O) groups is 1. The molecule has 4 N–H and O–H groups in total. The Morgan fingerprint density at radius 1 is 0.867 bits per heavy atom. The van der Waals surface area contributed by atoms with E-state index in [1.807, 2.05) is 0 Å². The molecule has 6 nitrogen and oxygen atoms in total. The summed E-state index contributed by atoms with van der Waals surface area (Å²) in [5.41, 5.74) is 2.39. The maximum atomic E-state index is 13.1. The predicted molar refractivity (Wildman–Crippen MR) is 175 cm³/mol. The first-order valence-electron chi connectivity index (χ1n) is 17.8. The average molecular weight is 623 g/mol. The number of benzene rings is 1. The monoisotopic (exact) mass is 622 g/mol. The van der Waals surface area contributed by atoms with Gasteiger partial charge in [-0.2, -0.15) is 0 Å². The zero-order chi connectivity index (χ0) is 32.6. The molecule has 0 aliphatic heterocycles. The Hall–Kier alpha value is -2.05. The average Bonchev–Trinajstić information content (AvgIpc) is 3.14. The van der Waals surface area contributed by atoms with Gasteiger partial charge < -0.3 is 25.2 Å². The number of ether oxygens (including phenoxy) is 1. The van der Waals surface area contributed by atoms with Gasteiger partial charge in [-0.25, -0.2) is 0 Å². The van der Waals surface area contributed by atoms with Crippen LogP contribution in [0.25, 0.3) is 0 Å². The fourth-order valence-electron chi connectivity index (χ4n) is 12.3. The number of allylic oxidation sites excluding steroid dienone is 2. The van der Waals surface area contributed by atoms with Crippen LogP contribution in [0.3, 0.4) is 0 Å². The van der Waals surface area contributed by atoms with Crippen LogP contribution in [0.1, 0.15) is 118 Å². The Morgan fingerprint density at radius 2 is 1.60 bits per heavy atom. The number of aryl methyl sites for hydroxylation is 1. The van der Waals surface area contributed by atoms with Crippen molar-refractivity contribution in [1.29, 1.82) is 0 Å². The summed E-state index contributed by atoms with van der Waals surface area (Å²) in [6, 6.07) is 4.64. The van der Waals surface area contributed by atoms with Gasteiger partial charge in [-0.15, -0.1) is 0 Å². The summed E-state index contributed by atoms with van der Waals surface area (Å²) in [4.78, 5) is 13.1. The molecule has 0 spiro atoms. The first kappa shape index (κ1) is 32.9. The van der Waals surface area contributed by atoms with Gasteiger partial charge in [0.05, 0.1) is 12.7 Å². The van der Waals surface area contributed by atoms with Crippen molar-refractivity contribution in [3.63, 3.8) is 0 Å². The number of fused-ring (bicyclic) bond motifs is 6. The SMILES string of the molecule is CC1(C)[C@H](O)CC[C@@]2(C)[C@@H]1CC=C1C[C@]3(C)CC[C@@H]4[C@](C)(CC[C@@H](OC(=O)CCc5ccc(O)c(O)c5)[C@]4(C)CO)[C@H]3CC[C@@H]12. The van der Waals surface area contributed by atoms with Gasteiger partial charge in [0.2, 0.25) is 0 Å². The van der Waals surface area contributed by atoms with Crippen molar-refractivity contribution in [3.8, 4) is 11.5 Å². The Kier molecular flexibility index (Phi) is 8.24. The van der Waals surface area contributed by atoms with Crippen LogP contribution in [-0.2, 0) is 16.0 Å². The number of phenolic OH excluding ortho intramolecular Hbond substituents is 2. The Bertz CT molecular complexity index is 1330. The van der Waals surface area contributed by atoms with Gasteiger partial charge in [0.25, 0.3) is 0 Å². The summed E-state index contributed by atoms with van der Waals surface area (Å²) in [6.45, 7) is 14.3. The molecule has 0 amide bonds. The topological polar surface area (TPSA) is 107 Å². The first-order valence-corrected chi connectivity index (χ1v) is 17.8. The molecule has 4 saturated carbocycles. The van der Waals surface area contributed by atoms with E-state index in [0.29, 0.717) is 24.2 Å². The molecule has 0 unspecified atom stereocenters. The summed E-state index contributed by atoms with van der Waals surface area (Å²) in [7, 11) is 0. The van der Waals surface area contributed by atoms with Crippen LogP contribution < -0.4 is 0 Å². The van der Waals surface area contributed by atoms with Crippen molar-refractivity contribution in [2.45, 2.75) is 131 Å². The third kappa shape index (κ3) is 5.16. The number of hydrogen-bond donors (Lipinski definition) is 4. The maximum Gasteiger partial charge on any atom is 0.306 e. The van der Waals surface area contributed by atoms with Gasteiger partial charge >= 0.3 is 5.97 Å². The number of rotatable bonds is 5. The fraction of sp³-hybridized carbons (Fsp3) is 0.769. The van der Waals surface area contributed by atoms with Crippen molar-refractivity contribution in [3.05, 3.63) is 35.4 Å². The van der Waals surface area contributed by atoms with Gasteiger partial charge in [0.1, 0.15) is 6.10 Å². The van der Waals surface area contributed by atoms with Crippen LogP contribution in [-0.4, -0.2) is 45.2 Å². The van der Waals surface area contributed by atoms with E-state index >= 15 is 0 Å². The molecule has 4 fully saturated rings. The zero-order valence-electron chi connectivity index (χ0n) is 28.6. The maximum absolute atomic E-state index is 13.1. The molecule has 0 radical (unpaired) electrons. The Morgan fingerprint density at radius 3 is 2.31 bits per heavy atom. The molecule has 0 heterocycles. The molecule has 1 aromatic carbocycles. The summed E-state index contributed by atoms with van der Waals surface area (Å²) in [5, 5.41) is 41.4. The number of carbonyl (C=O) groups excluding carboxylic acids is 1. The molecular formula is C39H58O6. The van der Waals surface area contributed by atoms with Crippen molar-refractivity contribution in [1.82, 2.24) is 0 Å². The Balaban J connectivity index is 1.20. The molecule has 0 saturated heterocycles. The molecule has 250 valence electrons. The zero-order valence-corrected chi connectivity index (χ0v) is 28.6. The lowest BCUT2D eigenvalue weighted by molar-refractivity contribution is -0.206. The van der Waals surface area contributed by atoms with Crippen LogP contribution in [0.5, 0.6) is 11.5 Å². The molecule has 45 heavy (non-hydrogen) atoms. The van der Waals surface area contributed by atoms with Crippen LogP contribution in [0.2, 0.25) is 0 Å². The molecule has 6 rings (SSSR count). The van der Waals surface area contributed by atoms with E-state index < -0.39 is 5.41 Å². The Labute approximate surface area is 270 Å². The normalized spacial score (nSPS) is 43.9. The number of esters is 1. The lowest BCUT2D eigenvalue weighted by Crippen LogP contribution is -2.61. The molecule has 6 heteroatoms. The van der Waals surface area contributed by atoms with E-state index in [0.717, 1.165) is 56.9 Å². The third-order valence-corrected chi connectivity index (χ3v) is 14.9. The van der Waals surface area contributed by atoms with Gasteiger partial charge in [-0.05, 0) is 134 Å². The molecular weight excluding hydrogens is 564 g/mol. The number of aliphatic hydroxyl groups is 2. The van der Waals surface area contributed by atoms with E-state index in [-0.39, 0.29) is 70.3 Å². The fourth-order valence-corrected chi connectivity index (χ4v) is 12.3. The molecule has 0 bridgehead atoms. The van der Waals surface area contributed by atoms with E-state index in [2.05, 4.69) is 47.6 Å². The quantitative estimate of drug-likeness (QED) is 0.152. The highest BCUT2D eigenvalue weighted by molar-refractivity contribution is 5.70. The minimum Gasteiger partial charge on any atom is -0.504 e. The highest BCUT2D eigenvalue weighted by Crippen LogP contribution is 2.70. The highest BCUT2D eigenvalue weighted by Gasteiger charge is 2.64. The molecule has 5 aliphatic carbocycles. The van der Waals surface area contributed by atoms with Crippen LogP contribution in [0.15, 0.2) is 29.8 Å².